The molecule has 2 atom stereocenters. The van der Waals surface area contributed by atoms with E-state index in [4.69, 9.17) is 27.8 Å². The molecule has 0 amide bonds. The molecule has 1 saturated carbocycles. The van der Waals surface area contributed by atoms with Gasteiger partial charge in [0.05, 0.1) is 35.1 Å². The summed E-state index contributed by atoms with van der Waals surface area (Å²) in [6, 6.07) is 10.1. The van der Waals surface area contributed by atoms with Crippen LogP contribution >= 0.6 is 11.6 Å². The Labute approximate surface area is 230 Å². The molecule has 0 bridgehead atoms. The summed E-state index contributed by atoms with van der Waals surface area (Å²) in [4.78, 5) is 4.20. The number of aliphatic imine (C=N–C) groups is 1. The van der Waals surface area contributed by atoms with Crippen molar-refractivity contribution in [1.29, 1.82) is 0 Å². The number of nitrogens with zero attached hydrogens (tertiary/aromatic N) is 3. The number of anilines is 1. The zero-order chi connectivity index (χ0) is 28.1. The highest BCUT2D eigenvalue weighted by atomic mass is 35.5. The largest absolute Gasteiger partial charge is 0.497 e. The van der Waals surface area contributed by atoms with Crippen LogP contribution in [-0.4, -0.2) is 34.6 Å². The Hall–Kier alpha value is -3.69. The van der Waals surface area contributed by atoms with Gasteiger partial charge in [0.2, 0.25) is 0 Å². The molecule has 2 aromatic heterocycles. The summed E-state index contributed by atoms with van der Waals surface area (Å²) in [7, 11) is 1.63. The minimum atomic E-state index is -1.17. The Morgan fingerprint density at radius 2 is 1.97 bits per heavy atom. The number of nitrogens with two attached hydrogens (primary N) is 2. The van der Waals surface area contributed by atoms with Crippen LogP contribution in [0.25, 0.3) is 16.6 Å². The molecule has 1 aliphatic rings. The average Bonchev–Trinajstić information content (AvgIpc) is 3.45. The molecule has 0 spiro atoms. The third-order valence-electron chi connectivity index (χ3n) is 7.85. The number of halogens is 3. The number of methoxy groups -OCH3 is 1. The van der Waals surface area contributed by atoms with E-state index in [0.29, 0.717) is 11.3 Å². The van der Waals surface area contributed by atoms with Gasteiger partial charge in [0.1, 0.15) is 17.3 Å². The van der Waals surface area contributed by atoms with E-state index in [1.54, 1.807) is 17.8 Å². The van der Waals surface area contributed by atoms with Gasteiger partial charge in [-0.15, -0.1) is 0 Å². The smallest absolute Gasteiger partial charge is 0.185 e. The Balaban J connectivity index is 1.68. The molecule has 10 heteroatoms. The lowest BCUT2D eigenvalue weighted by Crippen LogP contribution is -2.42. The fraction of sp³-hybridized carbons (Fsp3) is 0.310. The number of ether oxygens (including phenoxy) is 1. The molecule has 2 heterocycles. The van der Waals surface area contributed by atoms with Gasteiger partial charge in [-0.2, -0.15) is 5.10 Å². The Morgan fingerprint density at radius 1 is 1.21 bits per heavy atom. The summed E-state index contributed by atoms with van der Waals surface area (Å²) in [6.45, 7) is 6.27. The van der Waals surface area contributed by atoms with E-state index in [9.17, 15) is 8.78 Å². The molecule has 2 aromatic carbocycles. The standard InChI is InChI=1S/C29H31ClF2N6O/c1-15-11-17(39-4)5-6-18(15)16-12-22-26(36-24-10-9-23(33)29(24,2)3)19(13-35-38(22)14-16)28(34)37-27-20(30)7-8-21(31)25(27)32/h5-8,11-14,23-24,36H,9-10,33H2,1-4H3,(H2,34,37). The van der Waals surface area contributed by atoms with Crippen LogP contribution in [0.4, 0.5) is 20.2 Å². The van der Waals surface area contributed by atoms with Crippen LogP contribution in [0.2, 0.25) is 5.02 Å². The van der Waals surface area contributed by atoms with E-state index < -0.39 is 11.6 Å². The van der Waals surface area contributed by atoms with Crippen molar-refractivity contribution in [3.63, 3.8) is 0 Å². The number of aryl methyl sites for hydroxylation is 1. The van der Waals surface area contributed by atoms with Crippen molar-refractivity contribution >= 4 is 34.3 Å². The second-order valence-electron chi connectivity index (χ2n) is 10.6. The van der Waals surface area contributed by atoms with Crippen molar-refractivity contribution in [1.82, 2.24) is 9.61 Å². The molecular weight excluding hydrogens is 522 g/mol. The summed E-state index contributed by atoms with van der Waals surface area (Å²) in [5.41, 5.74) is 17.1. The maximum Gasteiger partial charge on any atom is 0.185 e. The number of aromatic nitrogens is 2. The lowest BCUT2D eigenvalue weighted by atomic mass is 9.84. The van der Waals surface area contributed by atoms with Gasteiger partial charge in [0.25, 0.3) is 0 Å². The van der Waals surface area contributed by atoms with Crippen LogP contribution in [0.5, 0.6) is 5.75 Å². The molecule has 0 radical (unpaired) electrons. The van der Waals surface area contributed by atoms with Gasteiger partial charge in [-0.3, -0.25) is 0 Å². The predicted molar refractivity (Wildman–Crippen MR) is 152 cm³/mol. The zero-order valence-corrected chi connectivity index (χ0v) is 23.0. The first kappa shape index (κ1) is 26.9. The van der Waals surface area contributed by atoms with Crippen LogP contribution in [0.15, 0.2) is 53.8 Å². The molecular formula is C29H31ClF2N6O. The number of amidine groups is 1. The van der Waals surface area contributed by atoms with E-state index in [1.807, 2.05) is 37.4 Å². The molecule has 0 saturated heterocycles. The third-order valence-corrected chi connectivity index (χ3v) is 8.15. The third kappa shape index (κ3) is 4.81. The maximum absolute atomic E-state index is 14.6. The Morgan fingerprint density at radius 3 is 2.64 bits per heavy atom. The first-order valence-electron chi connectivity index (χ1n) is 12.7. The molecule has 7 nitrogen and oxygen atoms in total. The lowest BCUT2D eigenvalue weighted by Gasteiger charge is -2.32. The summed E-state index contributed by atoms with van der Waals surface area (Å²) in [5.74, 6) is -1.51. The molecule has 1 aliphatic carbocycles. The van der Waals surface area contributed by atoms with Crippen LogP contribution < -0.4 is 21.5 Å². The molecule has 2 unspecified atom stereocenters. The van der Waals surface area contributed by atoms with Gasteiger partial charge in [0, 0.05) is 23.8 Å². The maximum atomic E-state index is 14.6. The summed E-state index contributed by atoms with van der Waals surface area (Å²) >= 11 is 6.14. The fourth-order valence-electron chi connectivity index (χ4n) is 5.22. The van der Waals surface area contributed by atoms with Crippen molar-refractivity contribution in [3.8, 4) is 16.9 Å². The van der Waals surface area contributed by atoms with Crippen LogP contribution in [-0.2, 0) is 0 Å². The van der Waals surface area contributed by atoms with Crippen LogP contribution in [0.3, 0.4) is 0 Å². The zero-order valence-electron chi connectivity index (χ0n) is 22.2. The van der Waals surface area contributed by atoms with Gasteiger partial charge in [-0.05, 0) is 66.6 Å². The van der Waals surface area contributed by atoms with Gasteiger partial charge < -0.3 is 21.5 Å². The second-order valence-corrected chi connectivity index (χ2v) is 11.0. The predicted octanol–water partition coefficient (Wildman–Crippen LogP) is 6.21. The number of benzene rings is 2. The number of hydrogen-bond donors (Lipinski definition) is 3. The quantitative estimate of drug-likeness (QED) is 0.150. The molecule has 5 rings (SSSR count). The van der Waals surface area contributed by atoms with Crippen molar-refractivity contribution in [2.75, 3.05) is 12.4 Å². The molecule has 39 heavy (non-hydrogen) atoms. The lowest BCUT2D eigenvalue weighted by molar-refractivity contribution is 0.308. The normalized spacial score (nSPS) is 19.0. The minimum absolute atomic E-state index is 0.0202. The van der Waals surface area contributed by atoms with Crippen LogP contribution in [0.1, 0.15) is 37.8 Å². The highest BCUT2D eigenvalue weighted by Crippen LogP contribution is 2.40. The second kappa shape index (κ2) is 10.1. The van der Waals surface area contributed by atoms with Gasteiger partial charge >= 0.3 is 0 Å². The van der Waals surface area contributed by atoms with E-state index >= 15 is 0 Å². The van der Waals surface area contributed by atoms with E-state index in [2.05, 4.69) is 29.3 Å². The fourth-order valence-corrected chi connectivity index (χ4v) is 5.41. The van der Waals surface area contributed by atoms with E-state index in [0.717, 1.165) is 46.9 Å². The van der Waals surface area contributed by atoms with Crippen LogP contribution in [0, 0.1) is 24.0 Å². The monoisotopic (exact) mass is 552 g/mol. The summed E-state index contributed by atoms with van der Waals surface area (Å²) in [5, 5.41) is 8.17. The Bertz CT molecular complexity index is 1600. The number of hydrogen-bond acceptors (Lipinski definition) is 5. The molecule has 4 aromatic rings. The SMILES string of the molecule is COc1ccc(-c2cc3c(NC4CCC(N)C4(C)C)c(/C(N)=N/c4c(Cl)ccc(F)c4F)cnn3c2)c(C)c1. The first-order chi connectivity index (χ1) is 18.5. The number of rotatable bonds is 6. The minimum Gasteiger partial charge on any atom is -0.497 e. The van der Waals surface area contributed by atoms with Crippen molar-refractivity contribution in [3.05, 3.63) is 76.6 Å². The van der Waals surface area contributed by atoms with Crippen molar-refractivity contribution in [2.45, 2.75) is 45.7 Å². The number of nitrogens with one attached hydrogen (secondary N) is 1. The summed E-state index contributed by atoms with van der Waals surface area (Å²) < 4.78 is 35.6. The van der Waals surface area contributed by atoms with Gasteiger partial charge in [-0.25, -0.2) is 18.3 Å². The first-order valence-corrected chi connectivity index (χ1v) is 13.1. The number of fused-ring (bicyclic) bond motifs is 1. The Kier molecular flexibility index (Phi) is 6.99. The van der Waals surface area contributed by atoms with Crippen molar-refractivity contribution < 1.29 is 13.5 Å². The van der Waals surface area contributed by atoms with E-state index in [-0.39, 0.29) is 34.0 Å². The highest BCUT2D eigenvalue weighted by molar-refractivity contribution is 6.33. The summed E-state index contributed by atoms with van der Waals surface area (Å²) in [6.07, 6.45) is 5.22. The van der Waals surface area contributed by atoms with Gasteiger partial charge in [0.15, 0.2) is 11.6 Å². The van der Waals surface area contributed by atoms with Crippen molar-refractivity contribution in [2.24, 2.45) is 21.9 Å². The molecule has 0 aliphatic heterocycles. The highest BCUT2D eigenvalue weighted by Gasteiger charge is 2.41. The molecule has 204 valence electrons. The van der Waals surface area contributed by atoms with Gasteiger partial charge in [-0.1, -0.05) is 31.5 Å². The topological polar surface area (TPSA) is 103 Å². The molecule has 5 N–H and O–H groups in total. The molecule has 1 fully saturated rings. The van der Waals surface area contributed by atoms with E-state index in [1.165, 1.54) is 6.07 Å². The average molecular weight is 553 g/mol.